The summed E-state index contributed by atoms with van der Waals surface area (Å²) >= 11 is 25.8. The standard InChI is InChI=1S/C32H39Cl2N3O5.C27H31Cl2N3O4.C7H8O3S.CH4O.H2O/c1-32(39,24-7-10-26(35-19-24)21-42-31-4-2-3-16-41-31)22-36-13-14-37(30(20-36)23-5-8-25(33)9-6-23)29-12-11-27(18-28(29)34)40-17-15-38;1-27(35,20-4-7-22(17-34)30-15-20)18-31-10-11-32(26(16-31)19-2-5-21(28)6-3-19)25-9-8-23(14-24(25)29)36-13-12-33;1-6-2-4-7(5-3-6)11(8,9)10;1-2;/h5-12,18-19,30-31,38-39H,2-4,13-17,20-22H2,1H3;2-9,14-15,26,33-35H,10-13,16-18H2,1H3;2-5H,1H3,(H,8,9,10);2H,1H3;1H2/t30-,31?,32+;26-,27+;;;/m00.../s1. The van der Waals surface area contributed by atoms with Gasteiger partial charge in [-0.25, -0.2) is 0 Å². The van der Waals surface area contributed by atoms with E-state index in [1.165, 1.54) is 12.1 Å². The van der Waals surface area contributed by atoms with E-state index in [4.69, 9.17) is 85.2 Å². The maximum atomic E-state index is 11.6. The average molecular weight is 1370 g/mol. The molecule has 1 unspecified atom stereocenters. The number of anilines is 2. The van der Waals surface area contributed by atoms with Crippen LogP contribution in [0.4, 0.5) is 11.4 Å². The fraction of sp³-hybridized carbons (Fsp3) is 0.403. The van der Waals surface area contributed by atoms with Crippen LogP contribution in [0.3, 0.4) is 0 Å². The Labute approximate surface area is 559 Å². The van der Waals surface area contributed by atoms with Crippen molar-refractivity contribution in [3.8, 4) is 11.5 Å². The number of aromatic nitrogens is 2. The van der Waals surface area contributed by atoms with Crippen LogP contribution in [0.15, 0.2) is 151 Å². The van der Waals surface area contributed by atoms with Crippen LogP contribution in [0, 0.1) is 6.92 Å². The van der Waals surface area contributed by atoms with E-state index in [0.717, 1.165) is 85.4 Å². The van der Waals surface area contributed by atoms with Crippen LogP contribution in [-0.2, 0) is 44.0 Å². The summed E-state index contributed by atoms with van der Waals surface area (Å²) in [5.41, 5.74) is 5.56. The highest BCUT2D eigenvalue weighted by Gasteiger charge is 2.36. The molecule has 3 aliphatic rings. The summed E-state index contributed by atoms with van der Waals surface area (Å²) < 4.78 is 52.1. The number of β-amino-alcohol motifs (C(OH)–C–C–N with tert-alkyl or cyclic N) is 2. The largest absolute Gasteiger partial charge is 0.491 e. The number of aryl methyl sites for hydroxylation is 1. The van der Waals surface area contributed by atoms with E-state index in [1.807, 2.05) is 105 Å². The van der Waals surface area contributed by atoms with E-state index < -0.39 is 21.3 Å². The minimum atomic E-state index is -4.02. The predicted molar refractivity (Wildman–Crippen MR) is 359 cm³/mol. The van der Waals surface area contributed by atoms with Gasteiger partial charge in [0.05, 0.1) is 76.2 Å². The molecule has 9 N–H and O–H groups in total. The quantitative estimate of drug-likeness (QED) is 0.0330. The van der Waals surface area contributed by atoms with E-state index >= 15 is 0 Å². The minimum Gasteiger partial charge on any atom is -0.491 e. The Kier molecular flexibility index (Phi) is 29.6. The van der Waals surface area contributed by atoms with Crippen LogP contribution in [0.5, 0.6) is 11.5 Å². The lowest BCUT2D eigenvalue weighted by molar-refractivity contribution is -0.169. The van der Waals surface area contributed by atoms with Crippen molar-refractivity contribution in [1.29, 1.82) is 0 Å². The third kappa shape index (κ3) is 21.9. The summed E-state index contributed by atoms with van der Waals surface area (Å²) in [7, 11) is -3.02. The monoisotopic (exact) mass is 1370 g/mol. The molecule has 5 heterocycles. The third-order valence-corrected chi connectivity index (χ3v) is 17.6. The van der Waals surface area contributed by atoms with Gasteiger partial charge >= 0.3 is 0 Å². The Hall–Kier alpha value is -5.77. The van der Waals surface area contributed by atoms with E-state index in [1.54, 1.807) is 49.6 Å². The van der Waals surface area contributed by atoms with Crippen LogP contribution in [0.1, 0.15) is 84.4 Å². The second-order valence-electron chi connectivity index (χ2n) is 22.5. The van der Waals surface area contributed by atoms with Gasteiger partial charge in [0.1, 0.15) is 35.9 Å². The molecule has 500 valence electrons. The van der Waals surface area contributed by atoms with Crippen LogP contribution in [0.25, 0.3) is 0 Å². The van der Waals surface area contributed by atoms with Gasteiger partial charge in [-0.15, -0.1) is 0 Å². The molecular formula is C67H84Cl4N6O14S. The molecule has 3 saturated heterocycles. The topological polar surface area (TPSA) is 283 Å². The first-order valence-corrected chi connectivity index (χ1v) is 32.8. The molecule has 10 rings (SSSR count). The number of pyridine rings is 2. The number of halogens is 4. The molecular weight excluding hydrogens is 1290 g/mol. The molecule has 3 fully saturated rings. The highest BCUT2D eigenvalue weighted by Crippen LogP contribution is 2.40. The van der Waals surface area contributed by atoms with E-state index in [-0.39, 0.29) is 61.8 Å². The average Bonchev–Trinajstić information content (AvgIpc) is 0.808. The fourth-order valence-electron chi connectivity index (χ4n) is 10.9. The Morgan fingerprint density at radius 3 is 1.45 bits per heavy atom. The Morgan fingerprint density at radius 2 is 1.07 bits per heavy atom. The smallest absolute Gasteiger partial charge is 0.294 e. The van der Waals surface area contributed by atoms with Crippen LogP contribution in [-0.4, -0.2) is 168 Å². The van der Waals surface area contributed by atoms with Crippen molar-refractivity contribution >= 4 is 67.9 Å². The number of nitrogens with zero attached hydrogens (tertiary/aromatic N) is 6. The maximum Gasteiger partial charge on any atom is 0.294 e. The Morgan fingerprint density at radius 1 is 0.609 bits per heavy atom. The van der Waals surface area contributed by atoms with Gasteiger partial charge in [0.25, 0.3) is 10.1 Å². The van der Waals surface area contributed by atoms with Crippen molar-refractivity contribution in [2.24, 2.45) is 0 Å². The number of hydrogen-bond acceptors (Lipinski definition) is 18. The normalized spacial score (nSPS) is 18.2. The van der Waals surface area contributed by atoms with Gasteiger partial charge in [0.2, 0.25) is 0 Å². The number of rotatable bonds is 21. The van der Waals surface area contributed by atoms with Crippen molar-refractivity contribution in [2.75, 3.05) is 102 Å². The van der Waals surface area contributed by atoms with Gasteiger partial charge < -0.3 is 64.9 Å². The van der Waals surface area contributed by atoms with Crippen molar-refractivity contribution in [1.82, 2.24) is 19.8 Å². The third-order valence-electron chi connectivity index (χ3n) is 15.6. The van der Waals surface area contributed by atoms with Crippen LogP contribution in [0.2, 0.25) is 20.1 Å². The van der Waals surface area contributed by atoms with Crippen molar-refractivity contribution in [2.45, 2.75) is 87.7 Å². The molecule has 5 aromatic carbocycles. The van der Waals surface area contributed by atoms with E-state index in [9.17, 15) is 23.7 Å². The first-order valence-electron chi connectivity index (χ1n) is 29.9. The van der Waals surface area contributed by atoms with Gasteiger partial charge in [0.15, 0.2) is 6.29 Å². The lowest BCUT2D eigenvalue weighted by atomic mass is 9.94. The summed E-state index contributed by atoms with van der Waals surface area (Å²) in [5, 5.41) is 59.7. The number of benzene rings is 5. The number of piperazine rings is 2. The molecule has 7 aromatic rings. The molecule has 0 bridgehead atoms. The Balaban J connectivity index is 0.000000244. The molecule has 0 saturated carbocycles. The number of aliphatic hydroxyl groups excluding tert-OH is 4. The summed E-state index contributed by atoms with van der Waals surface area (Å²) in [5.74, 6) is 1.22. The molecule has 92 heavy (non-hydrogen) atoms. The SMILES string of the molecule is CO.C[C@@](O)(CN1CCN(c2ccc(OCCO)cc2Cl)[C@H](c2ccc(Cl)cc2)C1)c1ccc(CO)nc1.C[C@@](O)(CN1CCN(c2ccc(OCCO)cc2Cl)[C@H](c2ccc(Cl)cc2)C1)c1ccc(COC2CCCCO2)nc1.Cc1ccc(S(=O)(=O)O)cc1.O. The van der Waals surface area contributed by atoms with Gasteiger partial charge in [0, 0.05) is 112 Å². The van der Waals surface area contributed by atoms with Crippen molar-refractivity contribution in [3.05, 3.63) is 205 Å². The fourth-order valence-corrected chi connectivity index (χ4v) is 12.2. The maximum absolute atomic E-state index is 11.6. The predicted octanol–water partition coefficient (Wildman–Crippen LogP) is 9.62. The summed E-state index contributed by atoms with van der Waals surface area (Å²) in [6.45, 7) is 11.8. The lowest BCUT2D eigenvalue weighted by Gasteiger charge is -2.45. The van der Waals surface area contributed by atoms with E-state index in [0.29, 0.717) is 88.7 Å². The molecule has 2 aromatic heterocycles. The molecule has 25 heteroatoms. The number of hydrogen-bond donors (Lipinski definition) is 7. The Bertz CT molecular complexity index is 3450. The summed E-state index contributed by atoms with van der Waals surface area (Å²) in [4.78, 5) is 17.8. The zero-order valence-corrected chi connectivity index (χ0v) is 55.8. The first-order chi connectivity index (χ1) is 43.6. The molecule has 3 aliphatic heterocycles. The molecule has 0 aliphatic carbocycles. The minimum absolute atomic E-state index is 0. The molecule has 0 radical (unpaired) electrons. The molecule has 5 atom stereocenters. The van der Waals surface area contributed by atoms with Crippen molar-refractivity contribution in [3.63, 3.8) is 0 Å². The highest BCUT2D eigenvalue weighted by atomic mass is 35.5. The number of ether oxygens (including phenoxy) is 4. The summed E-state index contributed by atoms with van der Waals surface area (Å²) in [6, 6.07) is 40.2. The molecule has 20 nitrogen and oxygen atoms in total. The van der Waals surface area contributed by atoms with Crippen LogP contribution < -0.4 is 19.3 Å². The summed E-state index contributed by atoms with van der Waals surface area (Å²) in [6.07, 6.45) is 6.31. The van der Waals surface area contributed by atoms with Gasteiger partial charge in [-0.1, -0.05) is 100 Å². The van der Waals surface area contributed by atoms with Gasteiger partial charge in [-0.3, -0.25) is 24.3 Å². The second kappa shape index (κ2) is 36.2. The lowest BCUT2D eigenvalue weighted by Crippen LogP contribution is -2.52. The second-order valence-corrected chi connectivity index (χ2v) is 25.6. The highest BCUT2D eigenvalue weighted by molar-refractivity contribution is 7.85. The first kappa shape index (κ1) is 75.3. The zero-order chi connectivity index (χ0) is 65.7. The van der Waals surface area contributed by atoms with E-state index in [2.05, 4.69) is 29.6 Å². The molecule has 0 amide bonds. The van der Waals surface area contributed by atoms with Crippen molar-refractivity contribution < 1.29 is 68.0 Å². The van der Waals surface area contributed by atoms with Gasteiger partial charge in [-0.2, -0.15) is 8.42 Å². The van der Waals surface area contributed by atoms with Gasteiger partial charge in [-0.05, 0) is 124 Å². The van der Waals surface area contributed by atoms with Crippen LogP contribution >= 0.6 is 46.4 Å². The number of aliphatic hydroxyl groups is 6. The molecule has 0 spiro atoms. The zero-order valence-electron chi connectivity index (χ0n) is 52.0.